The minimum atomic E-state index is -0.367. The average Bonchev–Trinajstić information content (AvgIpc) is 3.17. The van der Waals surface area contributed by atoms with E-state index in [2.05, 4.69) is 11.8 Å². The molecule has 0 spiro atoms. The molecule has 0 saturated carbocycles. The van der Waals surface area contributed by atoms with E-state index in [1.807, 2.05) is 19.1 Å². The molecule has 0 fully saturated rings. The number of aryl methyl sites for hydroxylation is 1. The molecule has 0 aliphatic rings. The summed E-state index contributed by atoms with van der Waals surface area (Å²) in [5.74, 6) is 0.984. The summed E-state index contributed by atoms with van der Waals surface area (Å²) in [6.07, 6.45) is 0.879. The lowest BCUT2D eigenvalue weighted by molar-refractivity contribution is 0.0526. The van der Waals surface area contributed by atoms with Gasteiger partial charge in [-0.3, -0.25) is 0 Å². The molecule has 0 amide bonds. The topological polar surface area (TPSA) is 60.9 Å². The fraction of sp³-hybridized carbons (Fsp3) is 0.333. The Morgan fingerprint density at radius 2 is 1.88 bits per heavy atom. The molecule has 3 rings (SSSR count). The third-order valence-corrected chi connectivity index (χ3v) is 6.18. The van der Waals surface area contributed by atoms with Gasteiger partial charge in [-0.25, -0.2) is 9.78 Å². The van der Waals surface area contributed by atoms with Gasteiger partial charge in [0, 0.05) is 17.0 Å². The van der Waals surface area contributed by atoms with Gasteiger partial charge in [0.1, 0.15) is 11.5 Å². The Labute approximate surface area is 209 Å². The highest BCUT2D eigenvalue weighted by Crippen LogP contribution is 2.41. The van der Waals surface area contributed by atoms with Crippen LogP contribution in [0.3, 0.4) is 0 Å². The fourth-order valence-electron chi connectivity index (χ4n) is 3.35. The van der Waals surface area contributed by atoms with Crippen LogP contribution < -0.4 is 14.4 Å². The molecule has 1 aromatic heterocycles. The number of rotatable bonds is 9. The maximum absolute atomic E-state index is 12.3. The summed E-state index contributed by atoms with van der Waals surface area (Å²) in [5.41, 5.74) is 2.90. The molecule has 0 unspecified atom stereocenters. The van der Waals surface area contributed by atoms with Gasteiger partial charge in [0.05, 0.1) is 42.8 Å². The molecule has 2 aromatic carbocycles. The third kappa shape index (κ3) is 5.91. The lowest BCUT2D eigenvalue weighted by Crippen LogP contribution is -2.19. The lowest BCUT2D eigenvalue weighted by Gasteiger charge is -2.24. The van der Waals surface area contributed by atoms with Crippen LogP contribution >= 0.6 is 35.3 Å². The number of hydrogen-bond donors (Lipinski definition) is 0. The number of nitrogens with zero attached hydrogens (tertiary/aromatic N) is 2. The summed E-state index contributed by atoms with van der Waals surface area (Å²) >= 11 is 8.08. The Bertz CT molecular complexity index is 1100. The number of ether oxygens (including phenoxy) is 3. The number of anilines is 2. The van der Waals surface area contributed by atoms with Gasteiger partial charge >= 0.3 is 5.97 Å². The van der Waals surface area contributed by atoms with Crippen molar-refractivity contribution in [3.8, 4) is 22.8 Å². The van der Waals surface area contributed by atoms with E-state index in [0.29, 0.717) is 35.2 Å². The number of thiazole rings is 1. The molecule has 0 N–H and O–H groups in total. The number of esters is 1. The Kier molecular flexibility index (Phi) is 9.83. The minimum absolute atomic E-state index is 0. The zero-order valence-corrected chi connectivity index (χ0v) is 21.7. The van der Waals surface area contributed by atoms with Gasteiger partial charge in [-0.2, -0.15) is 0 Å². The first-order chi connectivity index (χ1) is 15.4. The molecule has 0 aliphatic carbocycles. The molecule has 9 heteroatoms. The molecule has 0 saturated heterocycles. The second kappa shape index (κ2) is 12.1. The van der Waals surface area contributed by atoms with Crippen LogP contribution in [0, 0.1) is 6.92 Å². The first kappa shape index (κ1) is 26.8. The van der Waals surface area contributed by atoms with Crippen LogP contribution in [-0.2, 0) is 4.74 Å². The van der Waals surface area contributed by atoms with Gasteiger partial charge in [-0.1, -0.05) is 18.5 Å². The summed E-state index contributed by atoms with van der Waals surface area (Å²) in [6.45, 7) is 6.92. The summed E-state index contributed by atoms with van der Waals surface area (Å²) in [4.78, 5) is 20.4. The number of carbonyl (C=O) groups excluding carboxylic acids is 1. The second-order valence-electron chi connectivity index (χ2n) is 7.01. The van der Waals surface area contributed by atoms with Crippen molar-refractivity contribution in [2.75, 3.05) is 32.3 Å². The number of methoxy groups -OCH3 is 2. The van der Waals surface area contributed by atoms with E-state index in [4.69, 9.17) is 30.8 Å². The summed E-state index contributed by atoms with van der Waals surface area (Å²) in [7, 11) is 3.22. The van der Waals surface area contributed by atoms with Gasteiger partial charge < -0.3 is 19.1 Å². The van der Waals surface area contributed by atoms with E-state index >= 15 is 0 Å². The van der Waals surface area contributed by atoms with Crippen molar-refractivity contribution >= 4 is 52.1 Å². The standard InChI is InChI=1S/C24H27ClN2O4S.ClH/c1-6-12-27(20-13-16(23(28)31-7-2)8-11-21(20)30-5)24-26-22(15(3)32-24)18-10-9-17(29-4)14-19(18)25;/h8-11,13-14H,6-7,12H2,1-5H3;1H. The highest BCUT2D eigenvalue weighted by atomic mass is 35.5. The van der Waals surface area contributed by atoms with Gasteiger partial charge in [0.15, 0.2) is 5.13 Å². The average molecular weight is 511 g/mol. The zero-order chi connectivity index (χ0) is 23.3. The third-order valence-electron chi connectivity index (χ3n) is 4.88. The molecule has 6 nitrogen and oxygen atoms in total. The first-order valence-corrected chi connectivity index (χ1v) is 11.6. The smallest absolute Gasteiger partial charge is 0.338 e. The first-order valence-electron chi connectivity index (χ1n) is 10.4. The quantitative estimate of drug-likeness (QED) is 0.290. The predicted molar refractivity (Wildman–Crippen MR) is 137 cm³/mol. The van der Waals surface area contributed by atoms with Gasteiger partial charge in [0.2, 0.25) is 0 Å². The highest BCUT2D eigenvalue weighted by molar-refractivity contribution is 7.16. The van der Waals surface area contributed by atoms with Crippen LogP contribution in [0.2, 0.25) is 5.02 Å². The Hall–Kier alpha value is -2.48. The van der Waals surface area contributed by atoms with E-state index in [-0.39, 0.29) is 18.4 Å². The molecule has 0 bridgehead atoms. The maximum Gasteiger partial charge on any atom is 0.338 e. The summed E-state index contributed by atoms with van der Waals surface area (Å²) in [6, 6.07) is 10.9. The number of hydrogen-bond acceptors (Lipinski definition) is 7. The van der Waals surface area contributed by atoms with Crippen LogP contribution in [0.25, 0.3) is 11.3 Å². The van der Waals surface area contributed by atoms with Crippen LogP contribution in [0.5, 0.6) is 11.5 Å². The summed E-state index contributed by atoms with van der Waals surface area (Å²) in [5, 5.41) is 1.37. The van der Waals surface area contributed by atoms with Crippen molar-refractivity contribution in [2.45, 2.75) is 27.2 Å². The monoisotopic (exact) mass is 510 g/mol. The Morgan fingerprint density at radius 3 is 2.48 bits per heavy atom. The van der Waals surface area contributed by atoms with Crippen molar-refractivity contribution in [1.29, 1.82) is 0 Å². The fourth-order valence-corrected chi connectivity index (χ4v) is 4.57. The largest absolute Gasteiger partial charge is 0.497 e. The van der Waals surface area contributed by atoms with Crippen molar-refractivity contribution in [3.05, 3.63) is 51.9 Å². The Morgan fingerprint density at radius 1 is 1.12 bits per heavy atom. The predicted octanol–water partition coefficient (Wildman–Crippen LogP) is 6.94. The SMILES string of the molecule is CCCN(c1nc(-c2ccc(OC)cc2Cl)c(C)s1)c1cc(C(=O)OCC)ccc1OC.Cl. The molecule has 1 heterocycles. The van der Waals surface area contributed by atoms with Gasteiger partial charge in [0.25, 0.3) is 0 Å². The number of carbonyl (C=O) groups is 1. The molecule has 178 valence electrons. The molecule has 3 aromatic rings. The molecule has 0 atom stereocenters. The van der Waals surface area contributed by atoms with Gasteiger partial charge in [-0.15, -0.1) is 23.7 Å². The summed E-state index contributed by atoms with van der Waals surface area (Å²) < 4.78 is 16.0. The van der Waals surface area contributed by atoms with E-state index < -0.39 is 0 Å². The van der Waals surface area contributed by atoms with Crippen molar-refractivity contribution < 1.29 is 19.0 Å². The van der Waals surface area contributed by atoms with Crippen LogP contribution in [0.15, 0.2) is 36.4 Å². The number of halogens is 2. The molecule has 0 aliphatic heterocycles. The molecular formula is C24H28Cl2N2O4S. The molecule has 0 radical (unpaired) electrons. The molecular weight excluding hydrogens is 483 g/mol. The Balaban J connectivity index is 0.00000385. The second-order valence-corrected chi connectivity index (χ2v) is 8.59. The van der Waals surface area contributed by atoms with E-state index in [9.17, 15) is 4.79 Å². The maximum atomic E-state index is 12.3. The van der Waals surface area contributed by atoms with Crippen LogP contribution in [0.1, 0.15) is 35.5 Å². The number of aromatic nitrogens is 1. The normalized spacial score (nSPS) is 10.4. The molecule has 33 heavy (non-hydrogen) atoms. The van der Waals surface area contributed by atoms with E-state index in [0.717, 1.165) is 33.4 Å². The minimum Gasteiger partial charge on any atom is -0.497 e. The highest BCUT2D eigenvalue weighted by Gasteiger charge is 2.22. The van der Waals surface area contributed by atoms with Crippen LogP contribution in [0.4, 0.5) is 10.8 Å². The zero-order valence-electron chi connectivity index (χ0n) is 19.3. The van der Waals surface area contributed by atoms with E-state index in [1.165, 1.54) is 0 Å². The van der Waals surface area contributed by atoms with Crippen LogP contribution in [-0.4, -0.2) is 38.3 Å². The van der Waals surface area contributed by atoms with E-state index in [1.54, 1.807) is 56.7 Å². The lowest BCUT2D eigenvalue weighted by atomic mass is 10.1. The van der Waals surface area contributed by atoms with Crippen molar-refractivity contribution in [2.24, 2.45) is 0 Å². The number of benzene rings is 2. The van der Waals surface area contributed by atoms with Crippen molar-refractivity contribution in [1.82, 2.24) is 4.98 Å². The van der Waals surface area contributed by atoms with Gasteiger partial charge in [-0.05, 0) is 56.7 Å². The van der Waals surface area contributed by atoms with Crippen molar-refractivity contribution in [3.63, 3.8) is 0 Å².